The highest BCUT2D eigenvalue weighted by atomic mass is 31.2. The minimum absolute atomic E-state index is 0.210. The Hall–Kier alpha value is -1.47. The zero-order valence-electron chi connectivity index (χ0n) is 38.0. The fourth-order valence-corrected chi connectivity index (χ4v) is 7.65. The Kier molecular flexibility index (Phi) is 43.9. The first kappa shape index (κ1) is 56.5. The van der Waals surface area contributed by atoms with Crippen LogP contribution in [0, 0.1) is 0 Å². The third-order valence-corrected chi connectivity index (χ3v) is 11.5. The first-order chi connectivity index (χ1) is 28.3. The van der Waals surface area contributed by atoms with Crippen molar-refractivity contribution in [2.75, 3.05) is 13.2 Å². The van der Waals surface area contributed by atoms with E-state index in [4.69, 9.17) is 19.3 Å². The molecule has 58 heavy (non-hydrogen) atoms. The molecule has 0 bridgehead atoms. The molecule has 8 nitrogen and oxygen atoms in total. The summed E-state index contributed by atoms with van der Waals surface area (Å²) >= 11 is 0. The van der Waals surface area contributed by atoms with Crippen LogP contribution in [-0.4, -0.2) is 41.0 Å². The zero-order chi connectivity index (χ0) is 42.5. The minimum Gasteiger partial charge on any atom is -0.462 e. The van der Waals surface area contributed by atoms with E-state index in [0.717, 1.165) is 51.4 Å². The molecule has 0 fully saturated rings. The van der Waals surface area contributed by atoms with Gasteiger partial charge in [-0.1, -0.05) is 224 Å². The van der Waals surface area contributed by atoms with E-state index in [1.165, 1.54) is 173 Å². The topological polar surface area (TPSA) is 119 Å². The van der Waals surface area contributed by atoms with E-state index in [-0.39, 0.29) is 19.4 Å². The minimum atomic E-state index is -4.76. The molecule has 342 valence electrons. The lowest BCUT2D eigenvalue weighted by Gasteiger charge is -2.18. The summed E-state index contributed by atoms with van der Waals surface area (Å²) in [6.07, 6.45) is 53.3. The monoisotopic (exact) mass is 841 g/mol. The van der Waals surface area contributed by atoms with Crippen molar-refractivity contribution in [3.63, 3.8) is 0 Å². The van der Waals surface area contributed by atoms with Gasteiger partial charge in [0.1, 0.15) is 6.61 Å². The highest BCUT2D eigenvalue weighted by molar-refractivity contribution is 7.46. The summed E-state index contributed by atoms with van der Waals surface area (Å²) < 4.78 is 26.5. The largest absolute Gasteiger partial charge is 0.469 e. The fraction of sp³-hybridized carbons (Fsp3) is 0.878. The van der Waals surface area contributed by atoms with Crippen molar-refractivity contribution in [2.24, 2.45) is 0 Å². The van der Waals surface area contributed by atoms with Crippen molar-refractivity contribution in [1.82, 2.24) is 0 Å². The maximum atomic E-state index is 12.5. The van der Waals surface area contributed by atoms with E-state index in [9.17, 15) is 14.2 Å². The Balaban J connectivity index is 3.82. The zero-order valence-corrected chi connectivity index (χ0v) is 38.9. The number of phosphoric ester groups is 1. The number of carbonyl (C=O) groups excluding carboxylic acids is 2. The maximum absolute atomic E-state index is 12.5. The lowest BCUT2D eigenvalue weighted by atomic mass is 10.0. The Morgan fingerprint density at radius 1 is 0.448 bits per heavy atom. The van der Waals surface area contributed by atoms with Crippen LogP contribution >= 0.6 is 7.82 Å². The Labute approximate surface area is 358 Å². The molecule has 0 aliphatic rings. The number of carbonyl (C=O) groups is 2. The lowest BCUT2D eigenvalue weighted by molar-refractivity contribution is -0.161. The SMILES string of the molecule is CCCCCCC/C=C\C/C=C\CCCCCCCCCCCC(=O)OC(COC(=O)CCCCCCCCCCCCCCCCCCCCC)COP(=O)(O)O. The molecule has 0 aromatic rings. The summed E-state index contributed by atoms with van der Waals surface area (Å²) in [5.41, 5.74) is 0. The standard InChI is InChI=1S/C49H93O8P/c1-3-5-7-9-11-13-15-17-19-21-23-24-26-28-30-32-34-36-38-40-42-44-49(51)57-47(46-56-58(52,53)54)45-55-48(50)43-41-39-37-35-33-31-29-27-25-22-20-18-16-14-12-10-8-6-4-2/h15,17,21,23,47H,3-14,16,18-20,22,24-46H2,1-2H3,(H2,52,53,54)/b17-15-,23-21-. The molecule has 1 unspecified atom stereocenters. The van der Waals surface area contributed by atoms with Crippen molar-refractivity contribution in [1.29, 1.82) is 0 Å². The summed E-state index contributed by atoms with van der Waals surface area (Å²) in [6.45, 7) is 3.72. The molecule has 0 spiro atoms. The molecular formula is C49H93O8P. The summed E-state index contributed by atoms with van der Waals surface area (Å²) in [7, 11) is -4.76. The molecule has 0 aliphatic heterocycles. The van der Waals surface area contributed by atoms with E-state index in [1.54, 1.807) is 0 Å². The predicted octanol–water partition coefficient (Wildman–Crippen LogP) is 15.5. The van der Waals surface area contributed by atoms with Crippen LogP contribution in [0.1, 0.15) is 258 Å². The van der Waals surface area contributed by atoms with Gasteiger partial charge in [0.2, 0.25) is 0 Å². The number of rotatable bonds is 46. The average Bonchev–Trinajstić information content (AvgIpc) is 3.20. The smallest absolute Gasteiger partial charge is 0.462 e. The first-order valence-corrected chi connectivity index (χ1v) is 26.2. The molecule has 0 aromatic carbocycles. The van der Waals surface area contributed by atoms with Gasteiger partial charge in [-0.05, 0) is 44.9 Å². The van der Waals surface area contributed by atoms with Crippen LogP contribution in [0.3, 0.4) is 0 Å². The molecule has 0 saturated heterocycles. The summed E-state index contributed by atoms with van der Waals surface area (Å²) in [6, 6.07) is 0. The molecule has 0 heterocycles. The van der Waals surface area contributed by atoms with Crippen LogP contribution in [-0.2, 0) is 28.2 Å². The van der Waals surface area contributed by atoms with Gasteiger partial charge in [0.05, 0.1) is 6.61 Å². The van der Waals surface area contributed by atoms with Crippen LogP contribution in [0.2, 0.25) is 0 Å². The number of phosphoric acid groups is 1. The van der Waals surface area contributed by atoms with Gasteiger partial charge in [0, 0.05) is 12.8 Å². The Morgan fingerprint density at radius 3 is 1.14 bits per heavy atom. The van der Waals surface area contributed by atoms with Crippen molar-refractivity contribution >= 4 is 19.8 Å². The third kappa shape index (κ3) is 47.2. The van der Waals surface area contributed by atoms with E-state index in [0.29, 0.717) is 6.42 Å². The van der Waals surface area contributed by atoms with Gasteiger partial charge >= 0.3 is 19.8 Å². The Bertz CT molecular complexity index is 993. The van der Waals surface area contributed by atoms with Gasteiger partial charge in [-0.25, -0.2) is 4.57 Å². The molecule has 0 aliphatic carbocycles. The number of ether oxygens (including phenoxy) is 2. The molecule has 0 amide bonds. The normalized spacial score (nSPS) is 12.6. The van der Waals surface area contributed by atoms with Crippen molar-refractivity contribution in [3.8, 4) is 0 Å². The predicted molar refractivity (Wildman–Crippen MR) is 244 cm³/mol. The van der Waals surface area contributed by atoms with E-state index in [2.05, 4.69) is 42.7 Å². The van der Waals surface area contributed by atoms with Gasteiger partial charge in [0.25, 0.3) is 0 Å². The highest BCUT2D eigenvalue weighted by Crippen LogP contribution is 2.36. The van der Waals surface area contributed by atoms with Gasteiger partial charge in [-0.2, -0.15) is 0 Å². The molecule has 0 aromatic heterocycles. The maximum Gasteiger partial charge on any atom is 0.469 e. The second kappa shape index (κ2) is 45.1. The summed E-state index contributed by atoms with van der Waals surface area (Å²) in [5, 5.41) is 0. The molecule has 2 N–H and O–H groups in total. The quantitative estimate of drug-likeness (QED) is 0.0269. The highest BCUT2D eigenvalue weighted by Gasteiger charge is 2.23. The molecule has 0 rings (SSSR count). The molecule has 0 saturated carbocycles. The van der Waals surface area contributed by atoms with E-state index < -0.39 is 32.5 Å². The summed E-state index contributed by atoms with van der Waals surface area (Å²) in [4.78, 5) is 43.0. The first-order valence-electron chi connectivity index (χ1n) is 24.6. The van der Waals surface area contributed by atoms with Crippen LogP contribution in [0.4, 0.5) is 0 Å². The van der Waals surface area contributed by atoms with Gasteiger partial charge in [-0.3, -0.25) is 14.1 Å². The summed E-state index contributed by atoms with van der Waals surface area (Å²) in [5.74, 6) is -0.875. The van der Waals surface area contributed by atoms with Crippen LogP contribution < -0.4 is 0 Å². The van der Waals surface area contributed by atoms with Crippen molar-refractivity contribution in [2.45, 2.75) is 264 Å². The molecule has 9 heteroatoms. The number of unbranched alkanes of at least 4 members (excludes halogenated alkanes) is 32. The van der Waals surface area contributed by atoms with Crippen molar-refractivity contribution in [3.05, 3.63) is 24.3 Å². The van der Waals surface area contributed by atoms with Gasteiger partial charge < -0.3 is 19.3 Å². The van der Waals surface area contributed by atoms with Gasteiger partial charge in [0.15, 0.2) is 6.10 Å². The molecular weight excluding hydrogens is 748 g/mol. The number of hydrogen-bond acceptors (Lipinski definition) is 6. The van der Waals surface area contributed by atoms with Crippen molar-refractivity contribution < 1.29 is 37.9 Å². The second-order valence-electron chi connectivity index (χ2n) is 16.8. The molecule has 0 radical (unpaired) electrons. The fourth-order valence-electron chi connectivity index (χ4n) is 7.29. The van der Waals surface area contributed by atoms with Crippen LogP contribution in [0.5, 0.6) is 0 Å². The molecule has 1 atom stereocenters. The average molecular weight is 841 g/mol. The Morgan fingerprint density at radius 2 is 0.776 bits per heavy atom. The van der Waals surface area contributed by atoms with E-state index in [1.807, 2.05) is 0 Å². The third-order valence-electron chi connectivity index (χ3n) is 11.0. The second-order valence-corrected chi connectivity index (χ2v) is 18.0. The number of allylic oxidation sites excluding steroid dienone is 4. The lowest BCUT2D eigenvalue weighted by Crippen LogP contribution is -2.29. The number of esters is 2. The van der Waals surface area contributed by atoms with Crippen LogP contribution in [0.15, 0.2) is 24.3 Å². The van der Waals surface area contributed by atoms with Crippen LogP contribution in [0.25, 0.3) is 0 Å². The van der Waals surface area contributed by atoms with Gasteiger partial charge in [-0.15, -0.1) is 0 Å². The van der Waals surface area contributed by atoms with E-state index >= 15 is 0 Å². The number of hydrogen-bond donors (Lipinski definition) is 2.